The summed E-state index contributed by atoms with van der Waals surface area (Å²) >= 11 is 3.50. The average molecular weight is 991 g/mol. The van der Waals surface area contributed by atoms with Crippen LogP contribution in [-0.2, 0) is 27.2 Å². The molecule has 0 fully saturated rings. The Bertz CT molecular complexity index is 2880. The van der Waals surface area contributed by atoms with Crippen LogP contribution in [0.1, 0.15) is 73.4 Å². The van der Waals surface area contributed by atoms with Crippen LogP contribution in [0, 0.1) is 5.41 Å². The zero-order valence-electron chi connectivity index (χ0n) is 39.2. The molecule has 1 aromatic heterocycles. The molecule has 0 spiro atoms. The third kappa shape index (κ3) is 12.1. The van der Waals surface area contributed by atoms with E-state index in [1.54, 1.807) is 96.3 Å². The number of nitrogens with zero attached hydrogens (tertiary/aromatic N) is 2. The van der Waals surface area contributed by atoms with Gasteiger partial charge in [-0.2, -0.15) is 0 Å². The van der Waals surface area contributed by atoms with Crippen molar-refractivity contribution in [1.82, 2.24) is 25.4 Å². The maximum atomic E-state index is 14.7. The lowest BCUT2D eigenvalue weighted by atomic mass is 9.89. The number of nitrogens with one attached hydrogen (secondary N) is 4. The summed E-state index contributed by atoms with van der Waals surface area (Å²) in [5.74, 6) is -1.68. The molecule has 0 bridgehead atoms. The van der Waals surface area contributed by atoms with Crippen LogP contribution in [0.3, 0.4) is 0 Å². The largest absolute Gasteiger partial charge is 0.497 e. The number of halogens is 1. The van der Waals surface area contributed by atoms with E-state index in [4.69, 9.17) is 24.7 Å². The highest BCUT2D eigenvalue weighted by Crippen LogP contribution is 2.36. The minimum absolute atomic E-state index is 0.0352. The van der Waals surface area contributed by atoms with Crippen LogP contribution in [0.4, 0.5) is 9.59 Å². The first-order chi connectivity index (χ1) is 32.2. The number of nitrogens with two attached hydrogens (primary N) is 1. The Kier molecular flexibility index (Phi) is 15.5. The van der Waals surface area contributed by atoms with Gasteiger partial charge in [0.15, 0.2) is 0 Å². The molecule has 0 saturated carbocycles. The van der Waals surface area contributed by atoms with Gasteiger partial charge in [-0.3, -0.25) is 19.8 Å². The second-order valence-electron chi connectivity index (χ2n) is 17.8. The number of amides is 5. The number of primary amides is 1. The number of methoxy groups -OCH3 is 2. The third-order valence-corrected chi connectivity index (χ3v) is 11.1. The predicted octanol–water partition coefficient (Wildman–Crippen LogP) is 8.93. The molecule has 0 aliphatic rings. The van der Waals surface area contributed by atoms with E-state index in [1.807, 2.05) is 48.5 Å². The number of carbonyl (C=O) groups excluding carboxylic acids is 5. The maximum absolute atomic E-state index is 14.7. The molecule has 6 rings (SSSR count). The van der Waals surface area contributed by atoms with Crippen LogP contribution in [0.15, 0.2) is 108 Å². The maximum Gasteiger partial charge on any atom is 0.417 e. The number of hydrogen-bond acceptors (Lipinski definition) is 10. The molecular formula is C51H56BrN7O9. The van der Waals surface area contributed by atoms with E-state index in [1.165, 1.54) is 14.2 Å². The smallest absolute Gasteiger partial charge is 0.417 e. The third-order valence-electron chi connectivity index (χ3n) is 10.6. The van der Waals surface area contributed by atoms with Crippen molar-refractivity contribution in [2.45, 2.75) is 71.8 Å². The molecule has 68 heavy (non-hydrogen) atoms. The lowest BCUT2D eigenvalue weighted by molar-refractivity contribution is -0.123. The minimum atomic E-state index is -1.20. The number of benzene rings is 5. The molecule has 5 amide bonds. The highest BCUT2D eigenvalue weighted by atomic mass is 79.9. The van der Waals surface area contributed by atoms with Gasteiger partial charge in [0.25, 0.3) is 5.91 Å². The molecule has 5 aromatic carbocycles. The van der Waals surface area contributed by atoms with Gasteiger partial charge >= 0.3 is 12.2 Å². The number of aromatic amines is 1. The average Bonchev–Trinajstić information content (AvgIpc) is 3.69. The van der Waals surface area contributed by atoms with Crippen LogP contribution in [0.2, 0.25) is 0 Å². The molecule has 0 aliphatic carbocycles. The van der Waals surface area contributed by atoms with Crippen LogP contribution in [-0.4, -0.2) is 95.2 Å². The Labute approximate surface area is 403 Å². The molecule has 0 saturated heterocycles. The van der Waals surface area contributed by atoms with Gasteiger partial charge in [-0.05, 0) is 99.8 Å². The van der Waals surface area contributed by atoms with E-state index < -0.39 is 53.1 Å². The Morgan fingerprint density at radius 1 is 0.765 bits per heavy atom. The van der Waals surface area contributed by atoms with Crippen LogP contribution < -0.4 is 25.8 Å². The van der Waals surface area contributed by atoms with Crippen molar-refractivity contribution in [3.8, 4) is 22.6 Å². The van der Waals surface area contributed by atoms with Crippen molar-refractivity contribution >= 4 is 73.5 Å². The topological polar surface area (TPSA) is 218 Å². The normalized spacial score (nSPS) is 11.9. The Morgan fingerprint density at radius 3 is 2.09 bits per heavy atom. The number of carbonyl (C=O) groups is 5. The zero-order chi connectivity index (χ0) is 49.5. The lowest BCUT2D eigenvalue weighted by Gasteiger charge is -2.33. The molecule has 6 N–H and O–H groups in total. The zero-order valence-corrected chi connectivity index (χ0v) is 40.8. The van der Waals surface area contributed by atoms with Crippen molar-refractivity contribution in [3.05, 3.63) is 130 Å². The van der Waals surface area contributed by atoms with Gasteiger partial charge in [0.1, 0.15) is 28.7 Å². The summed E-state index contributed by atoms with van der Waals surface area (Å²) in [5.41, 5.74) is 7.18. The van der Waals surface area contributed by atoms with E-state index in [2.05, 4.69) is 31.5 Å². The number of guanidine groups is 1. The molecule has 1 heterocycles. The Hall–Kier alpha value is -7.40. The number of rotatable bonds is 14. The van der Waals surface area contributed by atoms with Gasteiger partial charge in [-0.1, -0.05) is 70.5 Å². The number of para-hydroxylation sites is 1. The summed E-state index contributed by atoms with van der Waals surface area (Å²) < 4.78 is 22.9. The Morgan fingerprint density at radius 2 is 1.43 bits per heavy atom. The predicted molar refractivity (Wildman–Crippen MR) is 264 cm³/mol. The standard InChI is InChI=1S/C51H56BrN7O9/c1-50(2,3)67-48(63)58(47(54)59(49(64)68-51(4,5)6)29-31-17-20-34(65-7)27-42(31)66-8)24-23-55-46(62)41(25-32-28-56-40-16-12-11-14-35(32)40)57-45(61)39-26-33(52)19-22-37(39)43-36-15-10-9-13-30(36)18-21-38(43)44(53)60/h9-22,26-28,41,54,56H,23-25,29H2,1-8H3,(H2,53,60)(H,55,62)(H,57,61). The summed E-state index contributed by atoms with van der Waals surface area (Å²) in [5, 5.41) is 17.5. The summed E-state index contributed by atoms with van der Waals surface area (Å²) in [4.78, 5) is 75.1. The fourth-order valence-electron chi connectivity index (χ4n) is 7.51. The van der Waals surface area contributed by atoms with E-state index in [0.717, 1.165) is 31.7 Å². The summed E-state index contributed by atoms with van der Waals surface area (Å²) in [6, 6.07) is 27.2. The number of H-pyrrole nitrogens is 1. The number of aromatic nitrogens is 1. The molecule has 0 aliphatic heterocycles. The van der Waals surface area contributed by atoms with Crippen LogP contribution >= 0.6 is 15.9 Å². The van der Waals surface area contributed by atoms with Crippen molar-refractivity contribution in [2.75, 3.05) is 27.3 Å². The summed E-state index contributed by atoms with van der Waals surface area (Å²) in [6.45, 7) is 9.13. The van der Waals surface area contributed by atoms with Gasteiger partial charge in [0.05, 0.1) is 20.8 Å². The van der Waals surface area contributed by atoms with Gasteiger partial charge in [0, 0.05) is 69.4 Å². The molecule has 6 aromatic rings. The van der Waals surface area contributed by atoms with Gasteiger partial charge < -0.3 is 40.3 Å². The van der Waals surface area contributed by atoms with Crippen molar-refractivity contribution in [1.29, 1.82) is 5.41 Å². The first kappa shape index (κ1) is 50.0. The van der Waals surface area contributed by atoms with Crippen molar-refractivity contribution < 1.29 is 42.9 Å². The highest BCUT2D eigenvalue weighted by Gasteiger charge is 2.35. The van der Waals surface area contributed by atoms with Crippen molar-refractivity contribution in [3.63, 3.8) is 0 Å². The summed E-state index contributed by atoms with van der Waals surface area (Å²) in [7, 11) is 2.95. The monoisotopic (exact) mass is 989 g/mol. The molecule has 16 nitrogen and oxygen atoms in total. The molecule has 1 atom stereocenters. The second-order valence-corrected chi connectivity index (χ2v) is 18.8. The fraction of sp³-hybridized carbons (Fsp3) is 0.294. The van der Waals surface area contributed by atoms with Gasteiger partial charge in [-0.15, -0.1) is 0 Å². The van der Waals surface area contributed by atoms with E-state index in [-0.39, 0.29) is 37.2 Å². The lowest BCUT2D eigenvalue weighted by Crippen LogP contribution is -2.54. The molecule has 0 radical (unpaired) electrons. The SMILES string of the molecule is COc1ccc(CN(C(=N)N(CCNC(=O)C(Cc2c[nH]c3ccccc23)NC(=O)c2cc(Br)ccc2-c2c(C(N)=O)ccc3ccccc23)C(=O)OC(C)(C)C)C(=O)OC(C)(C)C)c(OC)c1. The molecular weight excluding hydrogens is 935 g/mol. The van der Waals surface area contributed by atoms with Crippen LogP contribution in [0.5, 0.6) is 11.5 Å². The van der Waals surface area contributed by atoms with E-state index in [9.17, 15) is 29.4 Å². The molecule has 17 heteroatoms. The van der Waals surface area contributed by atoms with E-state index in [0.29, 0.717) is 38.0 Å². The van der Waals surface area contributed by atoms with Gasteiger partial charge in [-0.25, -0.2) is 19.4 Å². The molecule has 356 valence electrons. The Balaban J connectivity index is 1.33. The fourth-order valence-corrected chi connectivity index (χ4v) is 7.87. The van der Waals surface area contributed by atoms with Crippen LogP contribution in [0.25, 0.3) is 32.8 Å². The van der Waals surface area contributed by atoms with E-state index >= 15 is 0 Å². The number of hydrogen-bond donors (Lipinski definition) is 5. The quantitative estimate of drug-likeness (QED) is 0.0519. The highest BCUT2D eigenvalue weighted by molar-refractivity contribution is 9.10. The minimum Gasteiger partial charge on any atom is -0.497 e. The molecule has 1 unspecified atom stereocenters. The number of fused-ring (bicyclic) bond motifs is 2. The second kappa shape index (κ2) is 21.1. The number of ether oxygens (including phenoxy) is 4. The van der Waals surface area contributed by atoms with Gasteiger partial charge in [0.2, 0.25) is 17.8 Å². The van der Waals surface area contributed by atoms with Crippen molar-refractivity contribution in [2.24, 2.45) is 5.73 Å². The summed E-state index contributed by atoms with van der Waals surface area (Å²) in [6.07, 6.45) is -0.0988. The first-order valence-corrected chi connectivity index (χ1v) is 22.5. The first-order valence-electron chi connectivity index (χ1n) is 21.7.